The highest BCUT2D eigenvalue weighted by Crippen LogP contribution is 2.34. The van der Waals surface area contributed by atoms with Gasteiger partial charge in [-0.05, 0) is 32.3 Å². The molecule has 10 nitrogen and oxygen atoms in total. The molecule has 2 saturated heterocycles. The number of amides is 3. The standard InChI is InChI=1S/C23H32N4O6S/c1-3-34(31,32)26-12-10-16-8-9-20(27(16)23(30)19(14-26)24-15(2)28)22(29)25-18-11-13-33-21-7-5-4-6-17(18)21/h4-7,16,18-20H,3,8-14H2,1-2H3,(H,24,28)(H,25,29)/t16-,18-,19+,20+/m1/s1. The van der Waals surface area contributed by atoms with Crippen LogP contribution >= 0.6 is 0 Å². The number of hydrogen-bond donors (Lipinski definition) is 2. The second kappa shape index (κ2) is 9.91. The second-order valence-corrected chi connectivity index (χ2v) is 11.3. The molecule has 3 aliphatic heterocycles. The number of benzene rings is 1. The van der Waals surface area contributed by atoms with Gasteiger partial charge in [-0.25, -0.2) is 8.42 Å². The van der Waals surface area contributed by atoms with E-state index >= 15 is 0 Å². The maximum atomic E-state index is 13.6. The van der Waals surface area contributed by atoms with E-state index in [0.29, 0.717) is 32.3 Å². The number of nitrogens with zero attached hydrogens (tertiary/aromatic N) is 2. The fourth-order valence-electron chi connectivity index (χ4n) is 5.15. The molecule has 0 aliphatic carbocycles. The van der Waals surface area contributed by atoms with Crippen molar-refractivity contribution in [2.75, 3.05) is 25.4 Å². The fourth-order valence-corrected chi connectivity index (χ4v) is 6.28. The first kappa shape index (κ1) is 24.5. The van der Waals surface area contributed by atoms with Crippen LogP contribution in [0.3, 0.4) is 0 Å². The number of sulfonamides is 1. The van der Waals surface area contributed by atoms with Crippen LogP contribution in [0, 0.1) is 0 Å². The molecule has 2 N–H and O–H groups in total. The average Bonchev–Trinajstić information content (AvgIpc) is 3.23. The van der Waals surface area contributed by atoms with Gasteiger partial charge in [0.2, 0.25) is 27.7 Å². The van der Waals surface area contributed by atoms with Crippen LogP contribution in [0.1, 0.15) is 51.1 Å². The molecule has 34 heavy (non-hydrogen) atoms. The Labute approximate surface area is 200 Å². The van der Waals surface area contributed by atoms with E-state index in [1.54, 1.807) is 11.8 Å². The molecule has 3 aliphatic rings. The van der Waals surface area contributed by atoms with E-state index in [1.165, 1.54) is 11.2 Å². The van der Waals surface area contributed by atoms with E-state index in [9.17, 15) is 22.8 Å². The predicted molar refractivity (Wildman–Crippen MR) is 124 cm³/mol. The number of hydrogen-bond acceptors (Lipinski definition) is 6. The van der Waals surface area contributed by atoms with Gasteiger partial charge in [0.1, 0.15) is 17.8 Å². The Morgan fingerprint density at radius 3 is 2.59 bits per heavy atom. The zero-order valence-electron chi connectivity index (χ0n) is 19.5. The lowest BCUT2D eigenvalue weighted by molar-refractivity contribution is -0.144. The Morgan fingerprint density at radius 2 is 1.85 bits per heavy atom. The van der Waals surface area contributed by atoms with Crippen LogP contribution in [-0.4, -0.2) is 78.9 Å². The largest absolute Gasteiger partial charge is 0.493 e. The van der Waals surface area contributed by atoms with Gasteiger partial charge in [0, 0.05) is 38.0 Å². The first-order valence-corrected chi connectivity index (χ1v) is 13.4. The van der Waals surface area contributed by atoms with Crippen LogP contribution in [0.2, 0.25) is 0 Å². The van der Waals surface area contributed by atoms with Crippen molar-refractivity contribution in [1.29, 1.82) is 0 Å². The zero-order chi connectivity index (χ0) is 24.5. The van der Waals surface area contributed by atoms with Crippen LogP contribution in [0.4, 0.5) is 0 Å². The predicted octanol–water partition coefficient (Wildman–Crippen LogP) is 0.546. The van der Waals surface area contributed by atoms with Crippen molar-refractivity contribution in [2.24, 2.45) is 0 Å². The molecule has 2 fully saturated rings. The Kier molecular flexibility index (Phi) is 7.13. The van der Waals surface area contributed by atoms with Gasteiger partial charge in [-0.15, -0.1) is 0 Å². The highest BCUT2D eigenvalue weighted by atomic mass is 32.2. The van der Waals surface area contributed by atoms with Crippen molar-refractivity contribution < 1.29 is 27.5 Å². The molecule has 0 unspecified atom stereocenters. The Bertz CT molecular complexity index is 1060. The van der Waals surface area contributed by atoms with Gasteiger partial charge >= 0.3 is 0 Å². The van der Waals surface area contributed by atoms with Crippen molar-refractivity contribution in [3.8, 4) is 5.75 Å². The minimum Gasteiger partial charge on any atom is -0.493 e. The first-order chi connectivity index (χ1) is 16.2. The highest BCUT2D eigenvalue weighted by Gasteiger charge is 2.46. The third kappa shape index (κ3) is 4.90. The molecule has 4 rings (SSSR count). The van der Waals surface area contributed by atoms with E-state index in [-0.39, 0.29) is 36.8 Å². The number of carbonyl (C=O) groups excluding carboxylic acids is 3. The number of nitrogens with one attached hydrogen (secondary N) is 2. The summed E-state index contributed by atoms with van der Waals surface area (Å²) >= 11 is 0. The molecule has 1 aromatic rings. The number of ether oxygens (including phenoxy) is 1. The molecule has 186 valence electrons. The molecule has 0 aromatic heterocycles. The SMILES string of the molecule is CCS(=O)(=O)N1CC[C@H]2CC[C@@H](C(=O)N[C@@H]3CCOc4ccccc43)N2C(=O)[C@@H](NC(C)=O)C1. The number of carbonyl (C=O) groups is 3. The summed E-state index contributed by atoms with van der Waals surface area (Å²) in [6, 6.07) is 5.39. The molecule has 0 radical (unpaired) electrons. The van der Waals surface area contributed by atoms with Crippen LogP contribution in [0.5, 0.6) is 5.75 Å². The molecule has 0 saturated carbocycles. The molecular weight excluding hydrogens is 460 g/mol. The van der Waals surface area contributed by atoms with Crippen molar-refractivity contribution in [3.05, 3.63) is 29.8 Å². The van der Waals surface area contributed by atoms with E-state index in [2.05, 4.69) is 10.6 Å². The normalized spacial score (nSPS) is 27.6. The summed E-state index contributed by atoms with van der Waals surface area (Å²) in [6.45, 7) is 3.44. The van der Waals surface area contributed by atoms with Crippen molar-refractivity contribution in [1.82, 2.24) is 19.8 Å². The van der Waals surface area contributed by atoms with E-state index < -0.39 is 33.9 Å². The van der Waals surface area contributed by atoms with Crippen molar-refractivity contribution >= 4 is 27.7 Å². The lowest BCUT2D eigenvalue weighted by Crippen LogP contribution is -2.61. The summed E-state index contributed by atoms with van der Waals surface area (Å²) < 4.78 is 32.1. The molecule has 3 amide bonds. The molecule has 0 bridgehead atoms. The van der Waals surface area contributed by atoms with Gasteiger partial charge in [0.25, 0.3) is 0 Å². The third-order valence-electron chi connectivity index (χ3n) is 6.87. The topological polar surface area (TPSA) is 125 Å². The van der Waals surface area contributed by atoms with Crippen LogP contribution in [0.15, 0.2) is 24.3 Å². The van der Waals surface area contributed by atoms with Crippen LogP contribution < -0.4 is 15.4 Å². The maximum Gasteiger partial charge on any atom is 0.247 e. The quantitative estimate of drug-likeness (QED) is 0.618. The maximum absolute atomic E-state index is 13.6. The summed E-state index contributed by atoms with van der Waals surface area (Å²) in [6.07, 6.45) is 2.16. The fraction of sp³-hybridized carbons (Fsp3) is 0.609. The summed E-state index contributed by atoms with van der Waals surface area (Å²) in [4.78, 5) is 40.4. The van der Waals surface area contributed by atoms with E-state index in [4.69, 9.17) is 4.74 Å². The minimum absolute atomic E-state index is 0.0834. The van der Waals surface area contributed by atoms with Crippen LogP contribution in [0.25, 0.3) is 0 Å². The Hall–Kier alpha value is -2.66. The average molecular weight is 493 g/mol. The number of rotatable bonds is 5. The van der Waals surface area contributed by atoms with Gasteiger partial charge in [0.05, 0.1) is 18.4 Å². The van der Waals surface area contributed by atoms with E-state index in [1.807, 2.05) is 24.3 Å². The lowest BCUT2D eigenvalue weighted by atomic mass is 10.00. The highest BCUT2D eigenvalue weighted by molar-refractivity contribution is 7.89. The molecule has 4 atom stereocenters. The Balaban J connectivity index is 1.55. The summed E-state index contributed by atoms with van der Waals surface area (Å²) in [5.74, 6) is -0.420. The van der Waals surface area contributed by atoms with Crippen LogP contribution in [-0.2, 0) is 24.4 Å². The number of para-hydroxylation sites is 1. The molecule has 3 heterocycles. The van der Waals surface area contributed by atoms with E-state index in [0.717, 1.165) is 11.3 Å². The molecule has 11 heteroatoms. The van der Waals surface area contributed by atoms with Gasteiger partial charge < -0.3 is 20.3 Å². The smallest absolute Gasteiger partial charge is 0.247 e. The molecule has 0 spiro atoms. The molecule has 1 aromatic carbocycles. The third-order valence-corrected chi connectivity index (χ3v) is 8.71. The van der Waals surface area contributed by atoms with Crippen molar-refractivity contribution in [3.63, 3.8) is 0 Å². The molecular formula is C23H32N4O6S. The van der Waals surface area contributed by atoms with Gasteiger partial charge in [0.15, 0.2) is 0 Å². The summed E-state index contributed by atoms with van der Waals surface area (Å²) in [5.41, 5.74) is 0.909. The van der Waals surface area contributed by atoms with Gasteiger partial charge in [-0.3, -0.25) is 14.4 Å². The van der Waals surface area contributed by atoms with Gasteiger partial charge in [-0.1, -0.05) is 18.2 Å². The second-order valence-electron chi connectivity index (χ2n) is 9.03. The monoisotopic (exact) mass is 492 g/mol. The zero-order valence-corrected chi connectivity index (χ0v) is 20.3. The van der Waals surface area contributed by atoms with Crippen molar-refractivity contribution in [2.45, 2.75) is 63.7 Å². The summed E-state index contributed by atoms with van der Waals surface area (Å²) in [5, 5.41) is 5.71. The minimum atomic E-state index is -3.54. The number of fused-ring (bicyclic) bond motifs is 2. The lowest BCUT2D eigenvalue weighted by Gasteiger charge is -2.38. The Morgan fingerprint density at radius 1 is 1.09 bits per heavy atom. The first-order valence-electron chi connectivity index (χ1n) is 11.8. The van der Waals surface area contributed by atoms with Gasteiger partial charge in [-0.2, -0.15) is 4.31 Å². The summed E-state index contributed by atoms with van der Waals surface area (Å²) in [7, 11) is -3.54.